The number of nitrogens with one attached hydrogen (secondary N) is 3. The molecule has 1 atom stereocenters. The monoisotopic (exact) mass is 566 g/mol. The lowest BCUT2D eigenvalue weighted by molar-refractivity contribution is -0.119. The van der Waals surface area contributed by atoms with E-state index in [1.807, 2.05) is 0 Å². The molecule has 3 heterocycles. The summed E-state index contributed by atoms with van der Waals surface area (Å²) in [7, 11) is -0.665. The van der Waals surface area contributed by atoms with Crippen molar-refractivity contribution >= 4 is 50.0 Å². The van der Waals surface area contributed by atoms with Crippen LogP contribution in [0.3, 0.4) is 0 Å². The lowest BCUT2D eigenvalue weighted by atomic mass is 10.1. The zero-order valence-corrected chi connectivity index (χ0v) is 21.5. The number of alkyl halides is 4. The summed E-state index contributed by atoms with van der Waals surface area (Å²) in [5.41, 5.74) is 1.71. The lowest BCUT2D eigenvalue weighted by Crippen LogP contribution is -2.25. The number of hydrogen-bond donors (Lipinski definition) is 3. The van der Waals surface area contributed by atoms with Crippen LogP contribution < -0.4 is 14.9 Å². The maximum atomic E-state index is 13.4. The van der Waals surface area contributed by atoms with Gasteiger partial charge in [-0.3, -0.25) is 13.8 Å². The van der Waals surface area contributed by atoms with Gasteiger partial charge in [0.2, 0.25) is 15.9 Å². The molecular formula is C23H22F4N8O3S. The van der Waals surface area contributed by atoms with Crippen LogP contribution in [0.25, 0.3) is 22.3 Å². The Kier molecular flexibility index (Phi) is 6.24. The molecule has 39 heavy (non-hydrogen) atoms. The molecule has 0 unspecified atom stereocenters. The molecule has 0 spiro atoms. The van der Waals surface area contributed by atoms with Crippen molar-refractivity contribution in [3.8, 4) is 11.1 Å². The number of aryl methyl sites for hydroxylation is 1. The van der Waals surface area contributed by atoms with Crippen molar-refractivity contribution in [2.75, 3.05) is 28.2 Å². The Hall–Kier alpha value is -4.21. The molecule has 5 rings (SSSR count). The number of carbonyl (C=O) groups excluding carboxylic acids is 1. The molecule has 1 saturated carbocycles. The molecule has 0 radical (unpaired) electrons. The Morgan fingerprint density at radius 3 is 2.51 bits per heavy atom. The summed E-state index contributed by atoms with van der Waals surface area (Å²) in [4.78, 5) is 22.6. The zero-order chi connectivity index (χ0) is 28.3. The fourth-order valence-corrected chi connectivity index (χ4v) is 4.46. The minimum Gasteiger partial charge on any atom is -0.352 e. The molecule has 11 nitrogen and oxygen atoms in total. The van der Waals surface area contributed by atoms with Crippen molar-refractivity contribution in [2.24, 2.45) is 13.0 Å². The van der Waals surface area contributed by atoms with Crippen LogP contribution in [0, 0.1) is 5.92 Å². The summed E-state index contributed by atoms with van der Waals surface area (Å²) in [6.45, 7) is 0. The van der Waals surface area contributed by atoms with Crippen molar-refractivity contribution in [3.05, 3.63) is 42.5 Å². The molecular weight excluding hydrogens is 544 g/mol. The number of carbonyl (C=O) groups is 1. The van der Waals surface area contributed by atoms with Crippen molar-refractivity contribution in [2.45, 2.75) is 18.8 Å². The second-order valence-electron chi connectivity index (χ2n) is 9.17. The lowest BCUT2D eigenvalue weighted by Gasteiger charge is -2.22. The van der Waals surface area contributed by atoms with Gasteiger partial charge >= 0.3 is 0 Å². The third-order valence-electron chi connectivity index (χ3n) is 6.21. The van der Waals surface area contributed by atoms with Gasteiger partial charge in [-0.25, -0.2) is 35.9 Å². The number of fused-ring (bicyclic) bond motifs is 1. The van der Waals surface area contributed by atoms with Gasteiger partial charge in [0.25, 0.3) is 12.3 Å². The van der Waals surface area contributed by atoms with Gasteiger partial charge in [0.05, 0.1) is 29.5 Å². The number of rotatable bonds is 8. The van der Waals surface area contributed by atoms with Gasteiger partial charge < -0.3 is 15.6 Å². The van der Waals surface area contributed by atoms with Gasteiger partial charge in [0, 0.05) is 38.3 Å². The third-order valence-corrected chi connectivity index (χ3v) is 7.41. The van der Waals surface area contributed by atoms with E-state index in [1.54, 1.807) is 42.3 Å². The first-order chi connectivity index (χ1) is 18.2. The topological polar surface area (TPSA) is 138 Å². The summed E-state index contributed by atoms with van der Waals surface area (Å²) in [6, 6.07) is 6.13. The molecule has 1 fully saturated rings. The number of amides is 1. The number of halogens is 4. The molecule has 3 N–H and O–H groups in total. The maximum absolute atomic E-state index is 13.4. The SMILES string of the molecule is CN(c1cc(-c2cnn(C)c2)ccc1Nc1cc(NC(=O)[C@H]2CC2(F)F)nc2[nH]c(C(F)F)nc12)S(C)(=O)=O. The first-order valence-corrected chi connectivity index (χ1v) is 13.3. The largest absolute Gasteiger partial charge is 0.352 e. The van der Waals surface area contributed by atoms with Crippen LogP contribution in [0.1, 0.15) is 18.7 Å². The van der Waals surface area contributed by atoms with E-state index in [4.69, 9.17) is 0 Å². The number of benzene rings is 1. The summed E-state index contributed by atoms with van der Waals surface area (Å²) < 4.78 is 81.1. The van der Waals surface area contributed by atoms with Crippen molar-refractivity contribution < 1.29 is 30.8 Å². The summed E-state index contributed by atoms with van der Waals surface area (Å²) in [6.07, 6.45) is 0.791. The smallest absolute Gasteiger partial charge is 0.295 e. The predicted molar refractivity (Wildman–Crippen MR) is 136 cm³/mol. The number of nitrogens with zero attached hydrogens (tertiary/aromatic N) is 5. The molecule has 0 bridgehead atoms. The number of sulfonamides is 1. The number of H-pyrrole nitrogens is 1. The molecule has 4 aromatic rings. The number of hydrogen-bond acceptors (Lipinski definition) is 7. The van der Waals surface area contributed by atoms with E-state index in [9.17, 15) is 30.8 Å². The Balaban J connectivity index is 1.59. The summed E-state index contributed by atoms with van der Waals surface area (Å²) >= 11 is 0. The van der Waals surface area contributed by atoms with Crippen LogP contribution in [-0.4, -0.2) is 58.3 Å². The molecule has 3 aromatic heterocycles. The van der Waals surface area contributed by atoms with Gasteiger partial charge in [0.1, 0.15) is 17.3 Å². The second-order valence-corrected chi connectivity index (χ2v) is 11.2. The molecule has 206 valence electrons. The molecule has 1 amide bonds. The second kappa shape index (κ2) is 9.21. The van der Waals surface area contributed by atoms with Crippen LogP contribution in [0.4, 0.5) is 40.4 Å². The highest BCUT2D eigenvalue weighted by Gasteiger charge is 2.61. The van der Waals surface area contributed by atoms with Gasteiger partial charge in [0.15, 0.2) is 11.5 Å². The van der Waals surface area contributed by atoms with Crippen molar-refractivity contribution in [1.82, 2.24) is 24.7 Å². The third kappa shape index (κ3) is 5.23. The van der Waals surface area contributed by atoms with E-state index < -0.39 is 46.4 Å². The average Bonchev–Trinajstić information content (AvgIpc) is 3.16. The van der Waals surface area contributed by atoms with Gasteiger partial charge in [-0.05, 0) is 17.7 Å². The van der Waals surface area contributed by atoms with E-state index in [0.29, 0.717) is 11.1 Å². The number of pyridine rings is 1. The highest BCUT2D eigenvalue weighted by atomic mass is 32.2. The number of aromatic amines is 1. The molecule has 1 aromatic carbocycles. The minimum absolute atomic E-state index is 0.0376. The van der Waals surface area contributed by atoms with E-state index in [-0.39, 0.29) is 34.0 Å². The van der Waals surface area contributed by atoms with E-state index in [1.165, 1.54) is 13.1 Å². The molecule has 1 aliphatic rings. The average molecular weight is 567 g/mol. The predicted octanol–water partition coefficient (Wildman–Crippen LogP) is 4.03. The minimum atomic E-state index is -3.74. The molecule has 0 saturated heterocycles. The van der Waals surface area contributed by atoms with Gasteiger partial charge in [-0.15, -0.1) is 0 Å². The van der Waals surface area contributed by atoms with Gasteiger partial charge in [-0.1, -0.05) is 6.07 Å². The Morgan fingerprint density at radius 1 is 1.21 bits per heavy atom. The first-order valence-electron chi connectivity index (χ1n) is 11.4. The Bertz CT molecular complexity index is 1700. The summed E-state index contributed by atoms with van der Waals surface area (Å²) in [5.74, 6) is -6.48. The quantitative estimate of drug-likeness (QED) is 0.274. The highest BCUT2D eigenvalue weighted by molar-refractivity contribution is 7.92. The molecule has 1 aliphatic carbocycles. The normalized spacial score (nSPS) is 16.5. The fourth-order valence-electron chi connectivity index (χ4n) is 3.95. The maximum Gasteiger partial charge on any atom is 0.295 e. The van der Waals surface area contributed by atoms with E-state index in [0.717, 1.165) is 10.6 Å². The number of aromatic nitrogens is 5. The van der Waals surface area contributed by atoms with Crippen LogP contribution >= 0.6 is 0 Å². The zero-order valence-electron chi connectivity index (χ0n) is 20.7. The highest BCUT2D eigenvalue weighted by Crippen LogP contribution is 2.49. The molecule has 0 aliphatic heterocycles. The van der Waals surface area contributed by atoms with Crippen LogP contribution in [0.5, 0.6) is 0 Å². The Morgan fingerprint density at radius 2 is 1.92 bits per heavy atom. The fraction of sp³-hybridized carbons (Fsp3) is 0.304. The number of imidazole rings is 1. The number of anilines is 4. The van der Waals surface area contributed by atoms with E-state index in [2.05, 4.69) is 30.7 Å². The summed E-state index contributed by atoms with van der Waals surface area (Å²) in [5, 5.41) is 9.40. The van der Waals surface area contributed by atoms with E-state index >= 15 is 0 Å². The Labute approximate surface area is 219 Å². The van der Waals surface area contributed by atoms with Crippen LogP contribution in [0.2, 0.25) is 0 Å². The molecule has 16 heteroatoms. The van der Waals surface area contributed by atoms with Crippen molar-refractivity contribution in [1.29, 1.82) is 0 Å². The van der Waals surface area contributed by atoms with Crippen LogP contribution in [0.15, 0.2) is 36.7 Å². The standard InChI is InChI=1S/C23H22F4N8O3S/c1-34-10-12(9-28-34)11-4-5-14(16(6-11)35(2)39(3,37)38)29-15-7-17(31-22(36)13-8-23(13,26)27)30-20-18(15)32-21(33-20)19(24)25/h4-7,9-10,13,19H,8H2,1-3H3,(H3,29,30,31,32,33,36)/t13-/m1/s1. The van der Waals surface area contributed by atoms with Crippen LogP contribution in [-0.2, 0) is 21.9 Å². The van der Waals surface area contributed by atoms with Gasteiger partial charge in [-0.2, -0.15) is 5.10 Å². The van der Waals surface area contributed by atoms with Crippen molar-refractivity contribution in [3.63, 3.8) is 0 Å². The first kappa shape index (κ1) is 26.4.